The van der Waals surface area contributed by atoms with Gasteiger partial charge in [-0.25, -0.2) is 8.42 Å². The summed E-state index contributed by atoms with van der Waals surface area (Å²) in [5.74, 6) is 1.99. The molecule has 2 unspecified atom stereocenters. The normalized spacial score (nSPS) is 20.5. The average molecular weight is 488 g/mol. The third-order valence-corrected chi connectivity index (χ3v) is 8.11. The highest BCUT2D eigenvalue weighted by atomic mass is 32.2. The standard InChI is InChI=1S/C25H33N3O5S/c1-4-27(15-20-5-10-23-24(12-20)33-17-32-23)16-25(29)26-21-6-8-22(9-7-21)34(30,31)28-13-18(2)11-19(3)14-28/h5-10,12,18-19H,4,11,13-17H2,1-3H3,(H,26,29). The molecule has 0 bridgehead atoms. The van der Waals surface area contributed by atoms with Gasteiger partial charge in [-0.3, -0.25) is 9.69 Å². The Labute approximate surface area is 201 Å². The Morgan fingerprint density at radius 1 is 1.06 bits per heavy atom. The van der Waals surface area contributed by atoms with E-state index in [0.29, 0.717) is 43.7 Å². The number of anilines is 1. The Kier molecular flexibility index (Phi) is 7.45. The quantitative estimate of drug-likeness (QED) is 0.613. The van der Waals surface area contributed by atoms with Crippen molar-refractivity contribution in [2.75, 3.05) is 38.3 Å². The minimum absolute atomic E-state index is 0.156. The second-order valence-corrected chi connectivity index (χ2v) is 11.3. The van der Waals surface area contributed by atoms with Gasteiger partial charge in [-0.15, -0.1) is 0 Å². The molecule has 34 heavy (non-hydrogen) atoms. The molecular weight excluding hydrogens is 454 g/mol. The summed E-state index contributed by atoms with van der Waals surface area (Å²) in [4.78, 5) is 14.9. The Morgan fingerprint density at radius 3 is 2.41 bits per heavy atom. The van der Waals surface area contributed by atoms with Gasteiger partial charge in [0.15, 0.2) is 11.5 Å². The van der Waals surface area contributed by atoms with Crippen LogP contribution in [0.25, 0.3) is 0 Å². The summed E-state index contributed by atoms with van der Waals surface area (Å²) in [5.41, 5.74) is 1.61. The first-order chi connectivity index (χ1) is 16.2. The zero-order valence-electron chi connectivity index (χ0n) is 20.0. The molecule has 1 N–H and O–H groups in total. The van der Waals surface area contributed by atoms with Crippen molar-refractivity contribution in [3.63, 3.8) is 0 Å². The van der Waals surface area contributed by atoms with Crippen LogP contribution in [-0.4, -0.2) is 56.5 Å². The molecule has 0 saturated carbocycles. The maximum atomic E-state index is 13.1. The fourth-order valence-corrected chi connectivity index (χ4v) is 6.32. The van der Waals surface area contributed by atoms with Crippen LogP contribution in [0.15, 0.2) is 47.4 Å². The molecule has 0 spiro atoms. The highest BCUT2D eigenvalue weighted by Crippen LogP contribution is 2.33. The van der Waals surface area contributed by atoms with Gasteiger partial charge >= 0.3 is 0 Å². The lowest BCUT2D eigenvalue weighted by Gasteiger charge is -2.34. The first-order valence-corrected chi connectivity index (χ1v) is 13.2. The SMILES string of the molecule is CCN(CC(=O)Nc1ccc(S(=O)(=O)N2CC(C)CC(C)C2)cc1)Cc1ccc2c(c1)OCO2. The van der Waals surface area contributed by atoms with E-state index in [2.05, 4.69) is 19.2 Å². The van der Waals surface area contributed by atoms with E-state index in [4.69, 9.17) is 9.47 Å². The number of nitrogens with zero attached hydrogens (tertiary/aromatic N) is 2. The number of carbonyl (C=O) groups is 1. The zero-order chi connectivity index (χ0) is 24.3. The number of piperidine rings is 1. The van der Waals surface area contributed by atoms with Crippen molar-refractivity contribution in [2.24, 2.45) is 11.8 Å². The van der Waals surface area contributed by atoms with Crippen molar-refractivity contribution >= 4 is 21.6 Å². The van der Waals surface area contributed by atoms with Crippen molar-refractivity contribution in [3.05, 3.63) is 48.0 Å². The van der Waals surface area contributed by atoms with Crippen LogP contribution >= 0.6 is 0 Å². The van der Waals surface area contributed by atoms with Gasteiger partial charge in [0.25, 0.3) is 0 Å². The van der Waals surface area contributed by atoms with E-state index in [1.54, 1.807) is 28.6 Å². The van der Waals surface area contributed by atoms with Crippen LogP contribution in [0.2, 0.25) is 0 Å². The van der Waals surface area contributed by atoms with Crippen LogP contribution < -0.4 is 14.8 Å². The van der Waals surface area contributed by atoms with Crippen molar-refractivity contribution < 1.29 is 22.7 Å². The largest absolute Gasteiger partial charge is 0.454 e. The van der Waals surface area contributed by atoms with Crippen LogP contribution in [0.3, 0.4) is 0 Å². The third-order valence-electron chi connectivity index (χ3n) is 6.27. The molecule has 2 heterocycles. The number of sulfonamides is 1. The Bertz CT molecular complexity index is 1110. The monoisotopic (exact) mass is 487 g/mol. The van der Waals surface area contributed by atoms with Crippen molar-refractivity contribution in [2.45, 2.75) is 38.6 Å². The van der Waals surface area contributed by atoms with E-state index in [-0.39, 0.29) is 24.1 Å². The molecule has 1 amide bonds. The van der Waals surface area contributed by atoms with E-state index < -0.39 is 10.0 Å². The van der Waals surface area contributed by atoms with Crippen molar-refractivity contribution in [3.8, 4) is 11.5 Å². The maximum absolute atomic E-state index is 13.1. The number of benzene rings is 2. The summed E-state index contributed by atoms with van der Waals surface area (Å²) in [6.07, 6.45) is 1.04. The van der Waals surface area contributed by atoms with Gasteiger partial charge in [0.1, 0.15) is 0 Å². The lowest BCUT2D eigenvalue weighted by molar-refractivity contribution is -0.117. The molecule has 1 fully saturated rings. The highest BCUT2D eigenvalue weighted by molar-refractivity contribution is 7.89. The molecule has 2 aromatic rings. The van der Waals surface area contributed by atoms with Crippen LogP contribution in [0, 0.1) is 11.8 Å². The summed E-state index contributed by atoms with van der Waals surface area (Å²) >= 11 is 0. The first kappa shape index (κ1) is 24.5. The minimum Gasteiger partial charge on any atom is -0.454 e. The first-order valence-electron chi connectivity index (χ1n) is 11.8. The molecule has 2 atom stereocenters. The molecule has 2 aromatic carbocycles. The Balaban J connectivity index is 1.34. The predicted molar refractivity (Wildman–Crippen MR) is 130 cm³/mol. The Morgan fingerprint density at radius 2 is 1.74 bits per heavy atom. The number of ether oxygens (including phenoxy) is 2. The summed E-state index contributed by atoms with van der Waals surface area (Å²) in [7, 11) is -3.54. The number of nitrogens with one attached hydrogen (secondary N) is 1. The van der Waals surface area contributed by atoms with Crippen LogP contribution in [0.4, 0.5) is 5.69 Å². The van der Waals surface area contributed by atoms with Gasteiger partial charge in [-0.05, 0) is 66.8 Å². The smallest absolute Gasteiger partial charge is 0.243 e. The van der Waals surface area contributed by atoms with E-state index in [1.165, 1.54) is 0 Å². The summed E-state index contributed by atoms with van der Waals surface area (Å²) < 4.78 is 38.5. The number of fused-ring (bicyclic) bond motifs is 1. The minimum atomic E-state index is -3.54. The molecule has 8 nitrogen and oxygen atoms in total. The van der Waals surface area contributed by atoms with Crippen LogP contribution in [0.1, 0.15) is 32.8 Å². The average Bonchev–Trinajstić information content (AvgIpc) is 3.26. The van der Waals surface area contributed by atoms with Crippen LogP contribution in [0.5, 0.6) is 11.5 Å². The number of carbonyl (C=O) groups excluding carboxylic acids is 1. The van der Waals surface area contributed by atoms with Gasteiger partial charge in [0, 0.05) is 25.3 Å². The number of amides is 1. The van der Waals surface area contributed by atoms with E-state index >= 15 is 0 Å². The second-order valence-electron chi connectivity index (χ2n) is 9.33. The van der Waals surface area contributed by atoms with E-state index in [9.17, 15) is 13.2 Å². The molecule has 184 valence electrons. The number of hydrogen-bond acceptors (Lipinski definition) is 6. The maximum Gasteiger partial charge on any atom is 0.243 e. The molecule has 2 aliphatic heterocycles. The topological polar surface area (TPSA) is 88.2 Å². The fourth-order valence-electron chi connectivity index (χ4n) is 4.64. The summed E-state index contributed by atoms with van der Waals surface area (Å²) in [6, 6.07) is 12.2. The zero-order valence-corrected chi connectivity index (χ0v) is 20.8. The van der Waals surface area contributed by atoms with E-state index in [0.717, 1.165) is 23.5 Å². The second kappa shape index (κ2) is 10.3. The van der Waals surface area contributed by atoms with Gasteiger partial charge in [0.05, 0.1) is 11.4 Å². The lowest BCUT2D eigenvalue weighted by Crippen LogP contribution is -2.42. The van der Waals surface area contributed by atoms with Gasteiger partial charge in [0.2, 0.25) is 22.7 Å². The Hall–Kier alpha value is -2.62. The molecule has 0 aliphatic carbocycles. The highest BCUT2D eigenvalue weighted by Gasteiger charge is 2.31. The molecule has 9 heteroatoms. The number of rotatable bonds is 8. The fraction of sp³-hybridized carbons (Fsp3) is 0.480. The summed E-state index contributed by atoms with van der Waals surface area (Å²) in [6.45, 7) is 9.01. The number of likely N-dealkylation sites (N-methyl/N-ethyl adjacent to an activating group) is 1. The molecule has 2 aliphatic rings. The molecular formula is C25H33N3O5S. The molecule has 0 aromatic heterocycles. The molecule has 1 saturated heterocycles. The van der Waals surface area contributed by atoms with E-state index in [1.807, 2.05) is 30.0 Å². The molecule has 0 radical (unpaired) electrons. The van der Waals surface area contributed by atoms with Gasteiger partial charge in [-0.1, -0.05) is 26.8 Å². The predicted octanol–water partition coefficient (Wildman–Crippen LogP) is 3.54. The lowest BCUT2D eigenvalue weighted by atomic mass is 9.94. The molecule has 4 rings (SSSR count). The van der Waals surface area contributed by atoms with Crippen LogP contribution in [-0.2, 0) is 21.4 Å². The summed E-state index contributed by atoms with van der Waals surface area (Å²) in [5, 5.41) is 2.87. The van der Waals surface area contributed by atoms with Crippen molar-refractivity contribution in [1.29, 1.82) is 0 Å². The van der Waals surface area contributed by atoms with Gasteiger partial charge in [-0.2, -0.15) is 4.31 Å². The van der Waals surface area contributed by atoms with Crippen molar-refractivity contribution in [1.82, 2.24) is 9.21 Å². The number of hydrogen-bond donors (Lipinski definition) is 1. The third kappa shape index (κ3) is 5.71. The van der Waals surface area contributed by atoms with Gasteiger partial charge < -0.3 is 14.8 Å².